The molecular formula is C8H5ClF4S. The van der Waals surface area contributed by atoms with E-state index in [1.54, 1.807) is 0 Å². The number of halogens is 5. The van der Waals surface area contributed by atoms with Crippen molar-refractivity contribution in [2.45, 2.75) is 11.1 Å². The molecule has 0 N–H and O–H groups in total. The standard InChI is InChI=1S/C8H5ClF4S/c1-14-7-4(8(11,12)13)2-3-5(9)6(7)10/h2-3H,1H3. The Morgan fingerprint density at radius 3 is 2.29 bits per heavy atom. The summed E-state index contributed by atoms with van der Waals surface area (Å²) in [7, 11) is 0. The Balaban J connectivity index is 3.39. The third kappa shape index (κ3) is 2.15. The van der Waals surface area contributed by atoms with Crippen molar-refractivity contribution in [3.05, 3.63) is 28.5 Å². The quantitative estimate of drug-likeness (QED) is 0.527. The van der Waals surface area contributed by atoms with Crippen LogP contribution in [-0.4, -0.2) is 6.26 Å². The summed E-state index contributed by atoms with van der Waals surface area (Å²) < 4.78 is 50.1. The van der Waals surface area contributed by atoms with Crippen LogP contribution < -0.4 is 0 Å². The van der Waals surface area contributed by atoms with Crippen LogP contribution in [0.25, 0.3) is 0 Å². The highest BCUT2D eigenvalue weighted by Gasteiger charge is 2.34. The van der Waals surface area contributed by atoms with Gasteiger partial charge in [-0.3, -0.25) is 0 Å². The summed E-state index contributed by atoms with van der Waals surface area (Å²) in [5.41, 5.74) is -0.994. The highest BCUT2D eigenvalue weighted by molar-refractivity contribution is 7.98. The van der Waals surface area contributed by atoms with Gasteiger partial charge in [0.15, 0.2) is 5.82 Å². The second-order valence-corrected chi connectivity index (χ2v) is 3.66. The first-order valence-corrected chi connectivity index (χ1v) is 5.07. The Morgan fingerprint density at radius 2 is 1.86 bits per heavy atom. The van der Waals surface area contributed by atoms with Gasteiger partial charge in [-0.1, -0.05) is 11.6 Å². The molecule has 0 aliphatic carbocycles. The van der Waals surface area contributed by atoms with Gasteiger partial charge in [-0.25, -0.2) is 4.39 Å². The lowest BCUT2D eigenvalue weighted by Gasteiger charge is -2.12. The molecule has 0 spiro atoms. The maximum absolute atomic E-state index is 13.1. The topological polar surface area (TPSA) is 0 Å². The van der Waals surface area contributed by atoms with Gasteiger partial charge >= 0.3 is 6.18 Å². The van der Waals surface area contributed by atoms with E-state index in [-0.39, 0.29) is 5.02 Å². The number of benzene rings is 1. The van der Waals surface area contributed by atoms with Crippen LogP contribution in [0, 0.1) is 5.82 Å². The molecule has 0 heterocycles. The fourth-order valence-corrected chi connectivity index (χ4v) is 1.86. The zero-order valence-corrected chi connectivity index (χ0v) is 8.53. The Kier molecular flexibility index (Phi) is 3.32. The van der Waals surface area contributed by atoms with Gasteiger partial charge in [0.25, 0.3) is 0 Å². The molecule has 0 aromatic heterocycles. The van der Waals surface area contributed by atoms with Crippen LogP contribution >= 0.6 is 23.4 Å². The van der Waals surface area contributed by atoms with Crippen LogP contribution in [0.4, 0.5) is 17.6 Å². The number of rotatable bonds is 1. The SMILES string of the molecule is CSc1c(C(F)(F)F)ccc(Cl)c1F. The Bertz CT molecular complexity index is 348. The van der Waals surface area contributed by atoms with E-state index in [1.807, 2.05) is 0 Å². The summed E-state index contributed by atoms with van der Waals surface area (Å²) in [6.07, 6.45) is -3.19. The Hall–Kier alpha value is -0.420. The van der Waals surface area contributed by atoms with Gasteiger partial charge < -0.3 is 0 Å². The van der Waals surface area contributed by atoms with Crippen molar-refractivity contribution in [2.24, 2.45) is 0 Å². The van der Waals surface area contributed by atoms with Gasteiger partial charge in [-0.15, -0.1) is 11.8 Å². The van der Waals surface area contributed by atoms with E-state index in [4.69, 9.17) is 11.6 Å². The molecule has 0 aliphatic heterocycles. The molecule has 1 aromatic carbocycles. The highest BCUT2D eigenvalue weighted by atomic mass is 35.5. The first-order valence-electron chi connectivity index (χ1n) is 3.47. The van der Waals surface area contributed by atoms with E-state index in [1.165, 1.54) is 6.26 Å². The van der Waals surface area contributed by atoms with E-state index in [0.717, 1.165) is 12.1 Å². The minimum Gasteiger partial charge on any atom is -0.204 e. The zero-order chi connectivity index (χ0) is 10.9. The van der Waals surface area contributed by atoms with Crippen LogP contribution in [0.1, 0.15) is 5.56 Å². The average molecular weight is 245 g/mol. The smallest absolute Gasteiger partial charge is 0.204 e. The first-order chi connectivity index (χ1) is 6.38. The minimum atomic E-state index is -4.55. The lowest BCUT2D eigenvalue weighted by molar-refractivity contribution is -0.140. The molecule has 0 bridgehead atoms. The van der Waals surface area contributed by atoms with Gasteiger partial charge in [0.1, 0.15) is 0 Å². The first kappa shape index (κ1) is 11.7. The molecule has 6 heteroatoms. The summed E-state index contributed by atoms with van der Waals surface area (Å²) in [4.78, 5) is -0.468. The largest absolute Gasteiger partial charge is 0.417 e. The maximum Gasteiger partial charge on any atom is 0.417 e. The number of alkyl halides is 3. The van der Waals surface area contributed by atoms with Crippen molar-refractivity contribution in [2.75, 3.05) is 6.26 Å². The summed E-state index contributed by atoms with van der Waals surface area (Å²) in [6, 6.07) is 1.68. The third-order valence-corrected chi connectivity index (χ3v) is 2.66. The van der Waals surface area contributed by atoms with E-state index in [0.29, 0.717) is 11.8 Å². The van der Waals surface area contributed by atoms with Crippen LogP contribution in [0.3, 0.4) is 0 Å². The molecule has 0 radical (unpaired) electrons. The van der Waals surface area contributed by atoms with Crippen molar-refractivity contribution < 1.29 is 17.6 Å². The molecule has 78 valence electrons. The summed E-state index contributed by atoms with van der Waals surface area (Å²) in [5.74, 6) is -1.02. The zero-order valence-electron chi connectivity index (χ0n) is 6.95. The van der Waals surface area contributed by atoms with E-state index in [2.05, 4.69) is 0 Å². The molecule has 0 saturated carbocycles. The predicted molar refractivity (Wildman–Crippen MR) is 48.2 cm³/mol. The predicted octanol–water partition coefficient (Wildman–Crippen LogP) is 4.22. The van der Waals surface area contributed by atoms with Crippen LogP contribution in [0.2, 0.25) is 5.02 Å². The number of thioether (sulfide) groups is 1. The summed E-state index contributed by atoms with van der Waals surface area (Å²) >= 11 is 6.04. The molecule has 0 saturated heterocycles. The molecule has 0 aliphatic rings. The fourth-order valence-electron chi connectivity index (χ4n) is 0.955. The summed E-state index contributed by atoms with van der Waals surface area (Å²) in [5, 5.41) is -0.303. The average Bonchev–Trinajstić information content (AvgIpc) is 2.07. The van der Waals surface area contributed by atoms with Crippen molar-refractivity contribution in [1.29, 1.82) is 0 Å². The molecule has 1 rings (SSSR count). The molecule has 0 atom stereocenters. The van der Waals surface area contributed by atoms with E-state index < -0.39 is 22.5 Å². The molecular weight excluding hydrogens is 240 g/mol. The lowest BCUT2D eigenvalue weighted by atomic mass is 10.2. The van der Waals surface area contributed by atoms with Gasteiger partial charge in [0, 0.05) is 0 Å². The van der Waals surface area contributed by atoms with Crippen molar-refractivity contribution in [3.63, 3.8) is 0 Å². The molecule has 0 nitrogen and oxygen atoms in total. The van der Waals surface area contributed by atoms with Crippen LogP contribution in [-0.2, 0) is 6.18 Å². The lowest BCUT2D eigenvalue weighted by Crippen LogP contribution is -2.08. The van der Waals surface area contributed by atoms with Crippen molar-refractivity contribution in [1.82, 2.24) is 0 Å². The second-order valence-electron chi connectivity index (χ2n) is 2.44. The van der Waals surface area contributed by atoms with Gasteiger partial charge in [0.2, 0.25) is 0 Å². The molecule has 0 amide bonds. The minimum absolute atomic E-state index is 0.303. The Labute approximate surface area is 87.2 Å². The third-order valence-electron chi connectivity index (χ3n) is 1.56. The van der Waals surface area contributed by atoms with Crippen LogP contribution in [0.5, 0.6) is 0 Å². The number of hydrogen-bond donors (Lipinski definition) is 0. The molecule has 0 unspecified atom stereocenters. The summed E-state index contributed by atoms with van der Waals surface area (Å²) in [6.45, 7) is 0. The molecule has 14 heavy (non-hydrogen) atoms. The highest BCUT2D eigenvalue weighted by Crippen LogP contribution is 2.39. The van der Waals surface area contributed by atoms with E-state index in [9.17, 15) is 17.6 Å². The van der Waals surface area contributed by atoms with E-state index >= 15 is 0 Å². The number of hydrogen-bond acceptors (Lipinski definition) is 1. The van der Waals surface area contributed by atoms with Gasteiger partial charge in [-0.2, -0.15) is 13.2 Å². The van der Waals surface area contributed by atoms with Gasteiger partial charge in [-0.05, 0) is 18.4 Å². The van der Waals surface area contributed by atoms with Gasteiger partial charge in [0.05, 0.1) is 15.5 Å². The molecule has 0 fully saturated rings. The fraction of sp³-hybridized carbons (Fsp3) is 0.250. The molecule has 1 aromatic rings. The maximum atomic E-state index is 13.1. The monoisotopic (exact) mass is 244 g/mol. The second kappa shape index (κ2) is 3.98. The van der Waals surface area contributed by atoms with Crippen LogP contribution in [0.15, 0.2) is 17.0 Å². The normalized spacial score (nSPS) is 11.9. The van der Waals surface area contributed by atoms with Crippen molar-refractivity contribution in [3.8, 4) is 0 Å². The van der Waals surface area contributed by atoms with Crippen molar-refractivity contribution >= 4 is 23.4 Å². The Morgan fingerprint density at radius 1 is 1.29 bits per heavy atom.